The smallest absolute Gasteiger partial charge is 0.341 e. The maximum Gasteiger partial charge on any atom is 0.341 e. The maximum absolute atomic E-state index is 12.5. The minimum atomic E-state index is -1.08. The molecule has 27 heavy (non-hydrogen) atoms. The van der Waals surface area contributed by atoms with Gasteiger partial charge in [-0.15, -0.1) is 0 Å². The SMILES string of the molecule is COC(OC(=O)c1ccccc1COC(=O)CCC(=O)O)c1ccccc1. The van der Waals surface area contributed by atoms with E-state index in [0.29, 0.717) is 11.1 Å². The first-order chi connectivity index (χ1) is 13.0. The topological polar surface area (TPSA) is 99.1 Å². The van der Waals surface area contributed by atoms with Crippen LogP contribution in [0.1, 0.15) is 40.6 Å². The summed E-state index contributed by atoms with van der Waals surface area (Å²) < 4.78 is 15.7. The molecule has 0 bridgehead atoms. The molecule has 142 valence electrons. The largest absolute Gasteiger partial charge is 0.481 e. The van der Waals surface area contributed by atoms with Crippen LogP contribution in [-0.2, 0) is 30.4 Å². The molecule has 2 aromatic rings. The van der Waals surface area contributed by atoms with Crippen molar-refractivity contribution >= 4 is 17.9 Å². The van der Waals surface area contributed by atoms with Crippen LogP contribution in [0.3, 0.4) is 0 Å². The van der Waals surface area contributed by atoms with Gasteiger partial charge in [0.25, 0.3) is 0 Å². The zero-order chi connectivity index (χ0) is 19.6. The maximum atomic E-state index is 12.5. The second-order valence-electron chi connectivity index (χ2n) is 5.60. The van der Waals surface area contributed by atoms with E-state index >= 15 is 0 Å². The zero-order valence-corrected chi connectivity index (χ0v) is 14.8. The number of esters is 2. The Balaban J connectivity index is 2.04. The van der Waals surface area contributed by atoms with E-state index in [4.69, 9.17) is 19.3 Å². The number of carbonyl (C=O) groups excluding carboxylic acids is 2. The van der Waals surface area contributed by atoms with Crippen LogP contribution in [0.15, 0.2) is 54.6 Å². The molecule has 2 aromatic carbocycles. The summed E-state index contributed by atoms with van der Waals surface area (Å²) >= 11 is 0. The van der Waals surface area contributed by atoms with Crippen molar-refractivity contribution < 1.29 is 33.7 Å². The molecule has 0 amide bonds. The Labute approximate surface area is 156 Å². The Kier molecular flexibility index (Phi) is 7.51. The average molecular weight is 372 g/mol. The number of carboxylic acid groups (broad SMARTS) is 1. The Hall–Kier alpha value is -3.19. The summed E-state index contributed by atoms with van der Waals surface area (Å²) in [6.07, 6.45) is -1.42. The molecule has 0 aliphatic rings. The van der Waals surface area contributed by atoms with Crippen molar-refractivity contribution in [1.29, 1.82) is 0 Å². The highest BCUT2D eigenvalue weighted by Gasteiger charge is 2.20. The highest BCUT2D eigenvalue weighted by atomic mass is 16.7. The van der Waals surface area contributed by atoms with Gasteiger partial charge < -0.3 is 19.3 Å². The molecule has 0 aliphatic heterocycles. The van der Waals surface area contributed by atoms with Crippen molar-refractivity contribution in [1.82, 2.24) is 0 Å². The van der Waals surface area contributed by atoms with Crippen molar-refractivity contribution in [3.8, 4) is 0 Å². The number of methoxy groups -OCH3 is 1. The lowest BCUT2D eigenvalue weighted by molar-refractivity contribution is -0.148. The highest BCUT2D eigenvalue weighted by molar-refractivity contribution is 5.91. The molecule has 1 N–H and O–H groups in total. The van der Waals surface area contributed by atoms with Gasteiger partial charge in [0.15, 0.2) is 0 Å². The van der Waals surface area contributed by atoms with Gasteiger partial charge in [-0.2, -0.15) is 0 Å². The third-order valence-electron chi connectivity index (χ3n) is 3.67. The summed E-state index contributed by atoms with van der Waals surface area (Å²) in [6, 6.07) is 15.5. The van der Waals surface area contributed by atoms with Crippen LogP contribution in [0, 0.1) is 0 Å². The molecule has 0 saturated heterocycles. The van der Waals surface area contributed by atoms with Crippen molar-refractivity contribution in [2.75, 3.05) is 7.11 Å². The number of aliphatic carboxylic acids is 1. The van der Waals surface area contributed by atoms with Crippen LogP contribution < -0.4 is 0 Å². The van der Waals surface area contributed by atoms with E-state index in [1.54, 1.807) is 48.5 Å². The second-order valence-corrected chi connectivity index (χ2v) is 5.60. The zero-order valence-electron chi connectivity index (χ0n) is 14.8. The van der Waals surface area contributed by atoms with Gasteiger partial charge in [-0.3, -0.25) is 9.59 Å². The Morgan fingerprint density at radius 1 is 0.963 bits per heavy atom. The van der Waals surface area contributed by atoms with E-state index in [1.165, 1.54) is 7.11 Å². The van der Waals surface area contributed by atoms with E-state index in [0.717, 1.165) is 0 Å². The predicted octanol–water partition coefficient (Wildman–Crippen LogP) is 3.10. The third kappa shape index (κ3) is 6.23. The van der Waals surface area contributed by atoms with E-state index in [9.17, 15) is 14.4 Å². The van der Waals surface area contributed by atoms with Gasteiger partial charge >= 0.3 is 17.9 Å². The standard InChI is InChI=1S/C20H20O7/c1-25-20(14-7-3-2-4-8-14)27-19(24)16-10-6-5-9-15(16)13-26-18(23)12-11-17(21)22/h2-10,20H,11-13H2,1H3,(H,21,22). The van der Waals surface area contributed by atoms with E-state index < -0.39 is 24.2 Å². The normalized spacial score (nSPS) is 11.4. The van der Waals surface area contributed by atoms with Gasteiger partial charge in [0, 0.05) is 18.2 Å². The molecule has 0 spiro atoms. The van der Waals surface area contributed by atoms with Gasteiger partial charge in [0.1, 0.15) is 6.61 Å². The molecule has 1 unspecified atom stereocenters. The van der Waals surface area contributed by atoms with Gasteiger partial charge in [-0.25, -0.2) is 4.79 Å². The number of hydrogen-bond donors (Lipinski definition) is 1. The number of rotatable bonds is 9. The van der Waals surface area contributed by atoms with E-state index in [2.05, 4.69) is 0 Å². The molecular weight excluding hydrogens is 352 g/mol. The average Bonchev–Trinajstić information content (AvgIpc) is 2.69. The third-order valence-corrected chi connectivity index (χ3v) is 3.67. The van der Waals surface area contributed by atoms with Gasteiger partial charge in [0.2, 0.25) is 6.29 Å². The molecule has 1 atom stereocenters. The van der Waals surface area contributed by atoms with Crippen molar-refractivity contribution in [3.05, 3.63) is 71.3 Å². The van der Waals surface area contributed by atoms with Crippen molar-refractivity contribution in [2.45, 2.75) is 25.7 Å². The van der Waals surface area contributed by atoms with Crippen LogP contribution in [0.2, 0.25) is 0 Å². The number of carboxylic acids is 1. The summed E-state index contributed by atoms with van der Waals surface area (Å²) in [5.74, 6) is -2.36. The van der Waals surface area contributed by atoms with Crippen LogP contribution in [-0.4, -0.2) is 30.1 Å². The van der Waals surface area contributed by atoms with E-state index in [1.807, 2.05) is 6.07 Å². The van der Waals surface area contributed by atoms with Crippen LogP contribution >= 0.6 is 0 Å². The van der Waals surface area contributed by atoms with Gasteiger partial charge in [0.05, 0.1) is 18.4 Å². The molecule has 7 nitrogen and oxygen atoms in total. The fourth-order valence-corrected chi connectivity index (χ4v) is 2.31. The van der Waals surface area contributed by atoms with Crippen LogP contribution in [0.25, 0.3) is 0 Å². The number of ether oxygens (including phenoxy) is 3. The van der Waals surface area contributed by atoms with E-state index in [-0.39, 0.29) is 25.0 Å². The molecule has 0 fully saturated rings. The minimum absolute atomic E-state index is 0.160. The predicted molar refractivity (Wildman–Crippen MR) is 94.7 cm³/mol. The monoisotopic (exact) mass is 372 g/mol. The summed E-state index contributed by atoms with van der Waals surface area (Å²) in [7, 11) is 1.43. The molecule has 0 aliphatic carbocycles. The molecule has 0 radical (unpaired) electrons. The summed E-state index contributed by atoms with van der Waals surface area (Å²) in [4.78, 5) is 34.6. The second kappa shape index (κ2) is 10.1. The highest BCUT2D eigenvalue weighted by Crippen LogP contribution is 2.21. The van der Waals surface area contributed by atoms with Crippen LogP contribution in [0.5, 0.6) is 0 Å². The summed E-state index contributed by atoms with van der Waals surface area (Å²) in [5, 5.41) is 8.58. The lowest BCUT2D eigenvalue weighted by atomic mass is 10.1. The number of benzene rings is 2. The summed E-state index contributed by atoms with van der Waals surface area (Å²) in [5.41, 5.74) is 1.38. The molecule has 7 heteroatoms. The first-order valence-corrected chi connectivity index (χ1v) is 8.25. The first kappa shape index (κ1) is 20.1. The lowest BCUT2D eigenvalue weighted by Crippen LogP contribution is -2.16. The molecular formula is C20H20O7. The Bertz CT molecular complexity index is 786. The lowest BCUT2D eigenvalue weighted by Gasteiger charge is -2.17. The quantitative estimate of drug-likeness (QED) is 0.533. The molecule has 2 rings (SSSR count). The fraction of sp³-hybridized carbons (Fsp3) is 0.250. The minimum Gasteiger partial charge on any atom is -0.481 e. The van der Waals surface area contributed by atoms with Crippen molar-refractivity contribution in [2.24, 2.45) is 0 Å². The van der Waals surface area contributed by atoms with Gasteiger partial charge in [-0.1, -0.05) is 48.5 Å². The van der Waals surface area contributed by atoms with Gasteiger partial charge in [-0.05, 0) is 6.07 Å². The Morgan fingerprint density at radius 3 is 2.30 bits per heavy atom. The first-order valence-electron chi connectivity index (χ1n) is 8.25. The molecule has 0 aromatic heterocycles. The van der Waals surface area contributed by atoms with Crippen LogP contribution in [0.4, 0.5) is 0 Å². The van der Waals surface area contributed by atoms with Crippen molar-refractivity contribution in [3.63, 3.8) is 0 Å². The fourth-order valence-electron chi connectivity index (χ4n) is 2.31. The Morgan fingerprint density at radius 2 is 1.63 bits per heavy atom. The summed E-state index contributed by atoms with van der Waals surface area (Å²) in [6.45, 7) is -0.160. The number of carbonyl (C=O) groups is 3. The molecule has 0 saturated carbocycles. The molecule has 0 heterocycles. The number of hydrogen-bond acceptors (Lipinski definition) is 6.